The monoisotopic (exact) mass is 380 g/mol. The van der Waals surface area contributed by atoms with E-state index in [1.54, 1.807) is 26.8 Å². The first-order chi connectivity index (χ1) is 12.2. The number of amides is 1. The van der Waals surface area contributed by atoms with Crippen LogP contribution >= 0.6 is 0 Å². The van der Waals surface area contributed by atoms with Crippen molar-refractivity contribution in [3.05, 3.63) is 41.3 Å². The van der Waals surface area contributed by atoms with Crippen molar-refractivity contribution in [3.8, 4) is 0 Å². The van der Waals surface area contributed by atoms with Crippen molar-refractivity contribution in [2.45, 2.75) is 51.7 Å². The highest BCUT2D eigenvalue weighted by Crippen LogP contribution is 2.22. The minimum Gasteiger partial charge on any atom is -0.444 e. The molecule has 144 valence electrons. The smallest absolute Gasteiger partial charge is 0.407 e. The van der Waals surface area contributed by atoms with E-state index >= 15 is 0 Å². The van der Waals surface area contributed by atoms with E-state index in [0.29, 0.717) is 13.0 Å². The molecule has 0 saturated carbocycles. The lowest BCUT2D eigenvalue weighted by Gasteiger charge is -2.34. The van der Waals surface area contributed by atoms with Gasteiger partial charge in [-0.15, -0.1) is 0 Å². The topological polar surface area (TPSA) is 75.7 Å². The Morgan fingerprint density at radius 1 is 1.27 bits per heavy atom. The molecule has 0 bridgehead atoms. The second-order valence-corrected chi connectivity index (χ2v) is 9.17. The van der Waals surface area contributed by atoms with Crippen LogP contribution in [-0.2, 0) is 14.8 Å². The van der Waals surface area contributed by atoms with Crippen LogP contribution in [0.15, 0.2) is 35.7 Å². The molecule has 1 aliphatic heterocycles. The lowest BCUT2D eigenvalue weighted by molar-refractivity contribution is 0.0512. The van der Waals surface area contributed by atoms with Crippen LogP contribution in [0.3, 0.4) is 0 Å². The first-order valence-electron chi connectivity index (χ1n) is 8.89. The number of benzene rings is 1. The molecular formula is C19H28N2O4S. The van der Waals surface area contributed by atoms with Gasteiger partial charge >= 0.3 is 6.09 Å². The van der Waals surface area contributed by atoms with E-state index in [1.807, 2.05) is 30.3 Å². The van der Waals surface area contributed by atoms with Gasteiger partial charge in [-0.2, -0.15) is 4.31 Å². The highest BCUT2D eigenvalue weighted by atomic mass is 32.2. The van der Waals surface area contributed by atoms with Gasteiger partial charge in [-0.1, -0.05) is 36.8 Å². The largest absolute Gasteiger partial charge is 0.444 e. The third-order valence-electron chi connectivity index (χ3n) is 4.01. The Morgan fingerprint density at radius 3 is 2.62 bits per heavy atom. The van der Waals surface area contributed by atoms with E-state index in [9.17, 15) is 13.2 Å². The van der Waals surface area contributed by atoms with Gasteiger partial charge in [-0.05, 0) is 45.3 Å². The average molecular weight is 381 g/mol. The van der Waals surface area contributed by atoms with E-state index in [-0.39, 0.29) is 12.6 Å². The summed E-state index contributed by atoms with van der Waals surface area (Å²) < 4.78 is 32.2. The van der Waals surface area contributed by atoms with E-state index in [2.05, 4.69) is 5.32 Å². The zero-order valence-corrected chi connectivity index (χ0v) is 16.5. The molecule has 1 amide bonds. The molecule has 1 aromatic carbocycles. The maximum Gasteiger partial charge on any atom is 0.407 e. The first-order valence-corrected chi connectivity index (χ1v) is 10.4. The molecule has 1 aliphatic rings. The van der Waals surface area contributed by atoms with E-state index in [0.717, 1.165) is 18.4 Å². The van der Waals surface area contributed by atoms with E-state index in [4.69, 9.17) is 4.74 Å². The summed E-state index contributed by atoms with van der Waals surface area (Å²) in [7, 11) is -3.55. The maximum atomic E-state index is 12.7. The molecule has 0 spiro atoms. The summed E-state index contributed by atoms with van der Waals surface area (Å²) in [5.41, 5.74) is 0.248. The molecule has 26 heavy (non-hydrogen) atoms. The minimum atomic E-state index is -3.55. The summed E-state index contributed by atoms with van der Waals surface area (Å²) in [6, 6.07) is 9.05. The van der Waals surface area contributed by atoms with E-state index < -0.39 is 21.7 Å². The zero-order valence-electron chi connectivity index (χ0n) is 15.6. The normalized spacial score (nSPS) is 19.4. The van der Waals surface area contributed by atoms with Gasteiger partial charge in [0.05, 0.1) is 0 Å². The standard InChI is InChI=1S/C19H28N2O4S/c1-19(2,3)25-18(22)20-15-17-11-7-8-13-21(17)26(23,24)14-12-16-9-5-4-6-10-16/h4-6,9-10,12,14,17H,7-8,11,13,15H2,1-3H3,(H,20,22)/b14-12+. The number of carbonyl (C=O) groups excluding carboxylic acids is 1. The molecule has 1 aromatic rings. The van der Waals surface area contributed by atoms with Gasteiger partial charge in [0, 0.05) is 24.5 Å². The molecule has 1 unspecified atom stereocenters. The van der Waals surface area contributed by atoms with Crippen LogP contribution in [0.4, 0.5) is 4.79 Å². The number of piperidine rings is 1. The van der Waals surface area contributed by atoms with Crippen LogP contribution in [0.25, 0.3) is 6.08 Å². The molecule has 0 aromatic heterocycles. The van der Waals surface area contributed by atoms with E-state index in [1.165, 1.54) is 9.71 Å². The molecule has 1 N–H and O–H groups in total. The van der Waals surface area contributed by atoms with Gasteiger partial charge in [-0.3, -0.25) is 0 Å². The predicted molar refractivity (Wildman–Crippen MR) is 103 cm³/mol. The molecule has 1 heterocycles. The molecule has 0 radical (unpaired) electrons. The third kappa shape index (κ3) is 6.46. The van der Waals surface area contributed by atoms with Gasteiger partial charge in [0.2, 0.25) is 10.0 Å². The average Bonchev–Trinajstić information content (AvgIpc) is 2.58. The Morgan fingerprint density at radius 2 is 1.96 bits per heavy atom. The number of hydrogen-bond acceptors (Lipinski definition) is 4. The summed E-state index contributed by atoms with van der Waals surface area (Å²) in [6.45, 7) is 6.07. The maximum absolute atomic E-state index is 12.7. The Labute approximate surface area is 156 Å². The molecular weight excluding hydrogens is 352 g/mol. The molecule has 1 fully saturated rings. The fourth-order valence-electron chi connectivity index (χ4n) is 2.84. The number of rotatable bonds is 5. The van der Waals surface area contributed by atoms with Gasteiger partial charge in [0.1, 0.15) is 5.60 Å². The predicted octanol–water partition coefficient (Wildman–Crippen LogP) is 3.37. The minimum absolute atomic E-state index is 0.243. The molecule has 6 nitrogen and oxygen atoms in total. The van der Waals surface area contributed by atoms with Crippen molar-refractivity contribution in [2.75, 3.05) is 13.1 Å². The number of carbonyl (C=O) groups is 1. The van der Waals surface area contributed by atoms with Crippen LogP contribution < -0.4 is 5.32 Å². The zero-order chi connectivity index (χ0) is 19.2. The summed E-state index contributed by atoms with van der Waals surface area (Å²) in [4.78, 5) is 11.9. The van der Waals surface area contributed by atoms with Crippen LogP contribution in [0.5, 0.6) is 0 Å². The highest BCUT2D eigenvalue weighted by Gasteiger charge is 2.31. The van der Waals surface area contributed by atoms with Gasteiger partial charge in [0.15, 0.2) is 0 Å². The van der Waals surface area contributed by atoms with Gasteiger partial charge < -0.3 is 10.1 Å². The van der Waals surface area contributed by atoms with Crippen molar-refractivity contribution in [3.63, 3.8) is 0 Å². The number of alkyl carbamates (subject to hydrolysis) is 1. The summed E-state index contributed by atoms with van der Waals surface area (Å²) in [5.74, 6) is 0. The van der Waals surface area contributed by atoms with Crippen molar-refractivity contribution in [1.29, 1.82) is 0 Å². The van der Waals surface area contributed by atoms with Gasteiger partial charge in [0.25, 0.3) is 0 Å². The van der Waals surface area contributed by atoms with Crippen LogP contribution in [-0.4, -0.2) is 43.5 Å². The molecule has 1 saturated heterocycles. The van der Waals surface area contributed by atoms with Gasteiger partial charge in [-0.25, -0.2) is 13.2 Å². The van der Waals surface area contributed by atoms with Crippen LogP contribution in [0.2, 0.25) is 0 Å². The second kappa shape index (κ2) is 8.68. The van der Waals surface area contributed by atoms with Crippen molar-refractivity contribution in [2.24, 2.45) is 0 Å². The summed E-state index contributed by atoms with van der Waals surface area (Å²) >= 11 is 0. The number of nitrogens with one attached hydrogen (secondary N) is 1. The molecule has 2 rings (SSSR count). The highest BCUT2D eigenvalue weighted by molar-refractivity contribution is 7.92. The Bertz CT molecular complexity index is 724. The van der Waals surface area contributed by atoms with Crippen LogP contribution in [0.1, 0.15) is 45.6 Å². The second-order valence-electron chi connectivity index (χ2n) is 7.40. The number of ether oxygens (including phenoxy) is 1. The lowest BCUT2D eigenvalue weighted by Crippen LogP contribution is -2.49. The lowest BCUT2D eigenvalue weighted by atomic mass is 10.1. The SMILES string of the molecule is CC(C)(C)OC(=O)NCC1CCCCN1S(=O)(=O)/C=C/c1ccccc1. The number of sulfonamides is 1. The molecule has 0 aliphatic carbocycles. The fourth-order valence-corrected chi connectivity index (χ4v) is 4.30. The Kier molecular flexibility index (Phi) is 6.83. The molecule has 1 atom stereocenters. The van der Waals surface area contributed by atoms with Crippen molar-refractivity contribution < 1.29 is 17.9 Å². The van der Waals surface area contributed by atoms with Crippen molar-refractivity contribution in [1.82, 2.24) is 9.62 Å². The molecule has 7 heteroatoms. The van der Waals surface area contributed by atoms with Crippen molar-refractivity contribution >= 4 is 22.2 Å². The Hall–Kier alpha value is -1.86. The fraction of sp³-hybridized carbons (Fsp3) is 0.526. The van der Waals surface area contributed by atoms with Crippen LogP contribution in [0, 0.1) is 0 Å². The quantitative estimate of drug-likeness (QED) is 0.850. The number of hydrogen-bond donors (Lipinski definition) is 1. The summed E-state index contributed by atoms with van der Waals surface area (Å²) in [6.07, 6.45) is 3.55. The number of nitrogens with zero attached hydrogens (tertiary/aromatic N) is 1. The Balaban J connectivity index is 2.02. The summed E-state index contributed by atoms with van der Waals surface area (Å²) in [5, 5.41) is 3.94. The third-order valence-corrected chi connectivity index (χ3v) is 5.63. The first kappa shape index (κ1) is 20.5.